The van der Waals surface area contributed by atoms with Crippen molar-refractivity contribution in [3.63, 3.8) is 0 Å². The molecule has 0 fully saturated rings. The third-order valence-corrected chi connectivity index (χ3v) is 6.64. The Hall–Kier alpha value is -1.05. The second-order valence-electron chi connectivity index (χ2n) is 5.27. The van der Waals surface area contributed by atoms with Gasteiger partial charge in [-0.15, -0.1) is 21.5 Å². The fraction of sp³-hybridized carbons (Fsp3) is 0.0588. The first-order chi connectivity index (χ1) is 12.1. The monoisotopic (exact) mass is 469 g/mol. The summed E-state index contributed by atoms with van der Waals surface area (Å²) in [6.45, 7) is 0. The first-order valence-corrected chi connectivity index (χ1v) is 10.7. The average Bonchev–Trinajstić information content (AvgIpc) is 3.18. The van der Waals surface area contributed by atoms with E-state index in [0.717, 1.165) is 37.2 Å². The molecule has 0 spiro atoms. The van der Waals surface area contributed by atoms with Crippen LogP contribution in [0.2, 0.25) is 10.0 Å². The first-order valence-electron chi connectivity index (χ1n) is 7.27. The zero-order chi connectivity index (χ0) is 17.4. The minimum Gasteiger partial charge on any atom is -0.260 e. The molecule has 0 bridgehead atoms. The van der Waals surface area contributed by atoms with E-state index >= 15 is 0 Å². The standard InChI is InChI=1S/C17H10BrCl2N3S2/c18-12-3-1-2-11(7-12)15-9-25-17-22-21-16(23(15)17)24-8-10-4-5-13(19)14(20)6-10/h1-7,9H,8H2. The molecule has 0 aliphatic rings. The number of thioether (sulfide) groups is 1. The lowest BCUT2D eigenvalue weighted by Gasteiger charge is -2.05. The molecular weight excluding hydrogens is 461 g/mol. The first kappa shape index (κ1) is 17.4. The molecule has 0 saturated carbocycles. The fourth-order valence-corrected chi connectivity index (χ4v) is 4.92. The summed E-state index contributed by atoms with van der Waals surface area (Å²) in [7, 11) is 0. The van der Waals surface area contributed by atoms with Gasteiger partial charge in [-0.3, -0.25) is 4.40 Å². The fourth-order valence-electron chi connectivity index (χ4n) is 2.42. The van der Waals surface area contributed by atoms with E-state index in [0.29, 0.717) is 10.0 Å². The van der Waals surface area contributed by atoms with Crippen LogP contribution in [-0.2, 0) is 5.75 Å². The Labute approximate surface area is 171 Å². The van der Waals surface area contributed by atoms with Gasteiger partial charge in [-0.2, -0.15) is 0 Å². The van der Waals surface area contributed by atoms with E-state index in [1.54, 1.807) is 23.1 Å². The minimum atomic E-state index is 0.565. The number of nitrogens with zero attached hydrogens (tertiary/aromatic N) is 3. The maximum atomic E-state index is 6.09. The maximum Gasteiger partial charge on any atom is 0.217 e. The highest BCUT2D eigenvalue weighted by molar-refractivity contribution is 9.10. The molecule has 4 rings (SSSR count). The molecule has 0 unspecified atom stereocenters. The van der Waals surface area contributed by atoms with Crippen molar-refractivity contribution in [1.29, 1.82) is 0 Å². The highest BCUT2D eigenvalue weighted by Gasteiger charge is 2.14. The van der Waals surface area contributed by atoms with E-state index < -0.39 is 0 Å². The van der Waals surface area contributed by atoms with Crippen LogP contribution in [0.4, 0.5) is 0 Å². The zero-order valence-corrected chi connectivity index (χ0v) is 17.3. The maximum absolute atomic E-state index is 6.09. The number of halogens is 3. The normalized spacial score (nSPS) is 11.3. The topological polar surface area (TPSA) is 30.2 Å². The van der Waals surface area contributed by atoms with Crippen LogP contribution in [0.3, 0.4) is 0 Å². The largest absolute Gasteiger partial charge is 0.260 e. The summed E-state index contributed by atoms with van der Waals surface area (Å²) in [5.74, 6) is 0.742. The van der Waals surface area contributed by atoms with E-state index in [4.69, 9.17) is 23.2 Å². The summed E-state index contributed by atoms with van der Waals surface area (Å²) >= 11 is 18.8. The Bertz CT molecular complexity index is 1060. The van der Waals surface area contributed by atoms with Crippen LogP contribution in [0.5, 0.6) is 0 Å². The number of rotatable bonds is 4. The Morgan fingerprint density at radius 3 is 2.76 bits per heavy atom. The minimum absolute atomic E-state index is 0.565. The van der Waals surface area contributed by atoms with Gasteiger partial charge in [0.1, 0.15) is 0 Å². The van der Waals surface area contributed by atoms with Crippen LogP contribution in [0, 0.1) is 0 Å². The summed E-state index contributed by atoms with van der Waals surface area (Å²) < 4.78 is 3.14. The molecule has 0 aliphatic carbocycles. The van der Waals surface area contributed by atoms with Gasteiger partial charge in [-0.1, -0.05) is 69.1 Å². The molecule has 0 N–H and O–H groups in total. The number of hydrogen-bond donors (Lipinski definition) is 0. The van der Waals surface area contributed by atoms with Crippen LogP contribution in [-0.4, -0.2) is 14.6 Å². The van der Waals surface area contributed by atoms with Crippen molar-refractivity contribution in [3.05, 3.63) is 67.9 Å². The van der Waals surface area contributed by atoms with E-state index in [-0.39, 0.29) is 0 Å². The van der Waals surface area contributed by atoms with Crippen LogP contribution in [0.1, 0.15) is 5.56 Å². The molecule has 0 amide bonds. The number of thiazole rings is 1. The van der Waals surface area contributed by atoms with Crippen molar-refractivity contribution in [2.75, 3.05) is 0 Å². The Balaban J connectivity index is 1.66. The molecule has 0 atom stereocenters. The van der Waals surface area contributed by atoms with Gasteiger partial charge < -0.3 is 0 Å². The van der Waals surface area contributed by atoms with Crippen molar-refractivity contribution >= 4 is 67.2 Å². The quantitative estimate of drug-likeness (QED) is 0.306. The van der Waals surface area contributed by atoms with Gasteiger partial charge in [0, 0.05) is 21.2 Å². The number of benzene rings is 2. The predicted octanol–water partition coefficient (Wildman–Crippen LogP) is 6.82. The van der Waals surface area contributed by atoms with Gasteiger partial charge in [-0.25, -0.2) is 0 Å². The molecule has 8 heteroatoms. The van der Waals surface area contributed by atoms with Crippen LogP contribution >= 0.6 is 62.2 Å². The lowest BCUT2D eigenvalue weighted by Crippen LogP contribution is -1.90. The van der Waals surface area contributed by atoms with Gasteiger partial charge in [0.15, 0.2) is 5.16 Å². The van der Waals surface area contributed by atoms with Gasteiger partial charge in [0.2, 0.25) is 4.96 Å². The molecule has 2 heterocycles. The van der Waals surface area contributed by atoms with Crippen molar-refractivity contribution in [1.82, 2.24) is 14.6 Å². The molecule has 2 aromatic heterocycles. The van der Waals surface area contributed by atoms with Crippen LogP contribution in [0.15, 0.2) is 57.5 Å². The second-order valence-corrected chi connectivity index (χ2v) is 8.78. The van der Waals surface area contributed by atoms with E-state index in [9.17, 15) is 0 Å². The van der Waals surface area contributed by atoms with E-state index in [1.165, 1.54) is 0 Å². The van der Waals surface area contributed by atoms with Crippen LogP contribution < -0.4 is 0 Å². The lowest BCUT2D eigenvalue weighted by molar-refractivity contribution is 0.927. The molecule has 126 valence electrons. The summed E-state index contributed by atoms with van der Waals surface area (Å²) in [5, 5.41) is 12.7. The number of fused-ring (bicyclic) bond motifs is 1. The lowest BCUT2D eigenvalue weighted by atomic mass is 10.2. The molecule has 25 heavy (non-hydrogen) atoms. The van der Waals surface area contributed by atoms with E-state index in [2.05, 4.69) is 48.0 Å². The molecule has 0 aliphatic heterocycles. The Morgan fingerprint density at radius 1 is 1.08 bits per heavy atom. The molecular formula is C17H10BrCl2N3S2. The average molecular weight is 471 g/mol. The third-order valence-electron chi connectivity index (χ3n) is 3.59. The van der Waals surface area contributed by atoms with Crippen molar-refractivity contribution in [2.24, 2.45) is 0 Å². The molecule has 0 radical (unpaired) electrons. The molecule has 2 aromatic carbocycles. The molecule has 3 nitrogen and oxygen atoms in total. The van der Waals surface area contributed by atoms with Crippen molar-refractivity contribution < 1.29 is 0 Å². The summed E-state index contributed by atoms with van der Waals surface area (Å²) in [6.07, 6.45) is 0. The van der Waals surface area contributed by atoms with Gasteiger partial charge >= 0.3 is 0 Å². The van der Waals surface area contributed by atoms with Crippen molar-refractivity contribution in [2.45, 2.75) is 10.9 Å². The second kappa shape index (κ2) is 7.29. The number of hydrogen-bond acceptors (Lipinski definition) is 4. The molecule has 4 aromatic rings. The summed E-state index contributed by atoms with van der Waals surface area (Å²) in [5.41, 5.74) is 3.30. The Morgan fingerprint density at radius 2 is 1.96 bits per heavy atom. The summed E-state index contributed by atoms with van der Waals surface area (Å²) in [4.78, 5) is 0.881. The smallest absolute Gasteiger partial charge is 0.217 e. The summed E-state index contributed by atoms with van der Waals surface area (Å²) in [6, 6.07) is 13.9. The zero-order valence-electron chi connectivity index (χ0n) is 12.6. The Kier molecular flexibility index (Phi) is 5.06. The SMILES string of the molecule is Clc1ccc(CSc2nnc3scc(-c4cccc(Br)c4)n23)cc1Cl. The van der Waals surface area contributed by atoms with Crippen molar-refractivity contribution in [3.8, 4) is 11.3 Å². The third kappa shape index (κ3) is 3.59. The highest BCUT2D eigenvalue weighted by atomic mass is 79.9. The van der Waals surface area contributed by atoms with Gasteiger partial charge in [0.25, 0.3) is 0 Å². The van der Waals surface area contributed by atoms with E-state index in [1.807, 2.05) is 30.3 Å². The highest BCUT2D eigenvalue weighted by Crippen LogP contribution is 2.33. The van der Waals surface area contributed by atoms with Gasteiger partial charge in [0.05, 0.1) is 15.7 Å². The van der Waals surface area contributed by atoms with Crippen LogP contribution in [0.25, 0.3) is 16.2 Å². The van der Waals surface area contributed by atoms with Gasteiger partial charge in [-0.05, 0) is 29.8 Å². The number of aromatic nitrogens is 3. The predicted molar refractivity (Wildman–Crippen MR) is 110 cm³/mol. The molecule has 0 saturated heterocycles.